The molecule has 1 aromatic carbocycles. The number of amides is 1. The first-order valence-electron chi connectivity index (χ1n) is 10.2. The zero-order valence-corrected chi connectivity index (χ0v) is 18.3. The highest BCUT2D eigenvalue weighted by Crippen LogP contribution is 2.21. The van der Waals surface area contributed by atoms with Gasteiger partial charge in [-0.05, 0) is 50.1 Å². The summed E-state index contributed by atoms with van der Waals surface area (Å²) in [6.07, 6.45) is 7.36. The van der Waals surface area contributed by atoms with Crippen molar-refractivity contribution < 1.29 is 17.6 Å². The Morgan fingerprint density at radius 2 is 1.87 bits per heavy atom. The summed E-state index contributed by atoms with van der Waals surface area (Å²) in [5.74, 6) is -0.660. The number of anilines is 1. The molecule has 0 spiro atoms. The fraction of sp³-hybridized carbons (Fsp3) is 0.500. The van der Waals surface area contributed by atoms with E-state index in [0.29, 0.717) is 18.3 Å². The highest BCUT2D eigenvalue weighted by atomic mass is 32.2. The van der Waals surface area contributed by atoms with E-state index in [0.717, 1.165) is 36.4 Å². The van der Waals surface area contributed by atoms with E-state index in [1.165, 1.54) is 44.2 Å². The van der Waals surface area contributed by atoms with Crippen molar-refractivity contribution in [3.63, 3.8) is 0 Å². The van der Waals surface area contributed by atoms with Crippen LogP contribution in [0.3, 0.4) is 0 Å². The first kappa shape index (κ1) is 22.6. The van der Waals surface area contributed by atoms with Gasteiger partial charge in [0.25, 0.3) is 10.0 Å². The minimum Gasteiger partial charge on any atom is -0.356 e. The third-order valence-electron chi connectivity index (χ3n) is 4.95. The Hall–Kier alpha value is -2.04. The Morgan fingerprint density at radius 1 is 1.13 bits per heavy atom. The molecule has 10 heteroatoms. The van der Waals surface area contributed by atoms with Gasteiger partial charge < -0.3 is 10.6 Å². The van der Waals surface area contributed by atoms with Gasteiger partial charge in [-0.3, -0.25) is 9.52 Å². The lowest BCUT2D eigenvalue weighted by Gasteiger charge is -2.22. The summed E-state index contributed by atoms with van der Waals surface area (Å²) in [6, 6.07) is 5.14. The second kappa shape index (κ2) is 10.8. The van der Waals surface area contributed by atoms with Crippen molar-refractivity contribution in [2.45, 2.75) is 55.9 Å². The number of nitrogens with zero attached hydrogens (tertiary/aromatic N) is 1. The maximum atomic E-state index is 13.0. The average molecular weight is 455 g/mol. The molecule has 1 aliphatic rings. The normalized spacial score (nSPS) is 15.1. The van der Waals surface area contributed by atoms with Gasteiger partial charge in [0.1, 0.15) is 5.82 Å². The summed E-state index contributed by atoms with van der Waals surface area (Å²) in [4.78, 5) is 16.2. The summed E-state index contributed by atoms with van der Waals surface area (Å²) in [5.41, 5.74) is 0.495. The van der Waals surface area contributed by atoms with Crippen molar-refractivity contribution >= 4 is 32.4 Å². The van der Waals surface area contributed by atoms with Gasteiger partial charge in [-0.15, -0.1) is 11.3 Å². The van der Waals surface area contributed by atoms with Gasteiger partial charge in [0.05, 0.1) is 17.0 Å². The number of aromatic nitrogens is 1. The minimum atomic E-state index is -3.85. The molecule has 30 heavy (non-hydrogen) atoms. The highest BCUT2D eigenvalue weighted by Gasteiger charge is 2.17. The molecule has 0 bridgehead atoms. The van der Waals surface area contributed by atoms with E-state index < -0.39 is 15.8 Å². The van der Waals surface area contributed by atoms with E-state index in [4.69, 9.17) is 0 Å². The van der Waals surface area contributed by atoms with Crippen LogP contribution in [0.25, 0.3) is 0 Å². The molecule has 1 aromatic heterocycles. The van der Waals surface area contributed by atoms with Crippen molar-refractivity contribution in [1.82, 2.24) is 15.6 Å². The minimum absolute atomic E-state index is 0.0553. The lowest BCUT2D eigenvalue weighted by molar-refractivity contribution is -0.120. The van der Waals surface area contributed by atoms with E-state index in [1.54, 1.807) is 5.38 Å². The molecule has 7 nitrogen and oxygen atoms in total. The van der Waals surface area contributed by atoms with Crippen LogP contribution in [-0.2, 0) is 21.2 Å². The number of sulfonamides is 1. The van der Waals surface area contributed by atoms with Crippen LogP contribution in [0.15, 0.2) is 34.5 Å². The molecule has 0 unspecified atom stereocenters. The molecule has 164 valence electrons. The molecule has 3 N–H and O–H groups in total. The van der Waals surface area contributed by atoms with Gasteiger partial charge >= 0.3 is 0 Å². The number of hydrogen-bond acceptors (Lipinski definition) is 6. The fourth-order valence-electron chi connectivity index (χ4n) is 3.38. The van der Waals surface area contributed by atoms with Crippen molar-refractivity contribution in [2.24, 2.45) is 0 Å². The predicted octanol–water partition coefficient (Wildman–Crippen LogP) is 3.05. The first-order valence-corrected chi connectivity index (χ1v) is 12.5. The molecule has 1 aliphatic carbocycles. The van der Waals surface area contributed by atoms with E-state index in [2.05, 4.69) is 20.3 Å². The molecule has 1 fully saturated rings. The van der Waals surface area contributed by atoms with Crippen LogP contribution >= 0.6 is 11.3 Å². The number of rotatable bonds is 10. The van der Waals surface area contributed by atoms with Gasteiger partial charge in [0, 0.05) is 18.0 Å². The zero-order valence-electron chi connectivity index (χ0n) is 16.7. The summed E-state index contributed by atoms with van der Waals surface area (Å²) < 4.78 is 40.0. The van der Waals surface area contributed by atoms with Gasteiger partial charge in [0.2, 0.25) is 5.91 Å². The molecule has 1 heterocycles. The number of carbonyl (C=O) groups is 1. The van der Waals surface area contributed by atoms with E-state index >= 15 is 0 Å². The second-order valence-corrected chi connectivity index (χ2v) is 9.91. The molecular formula is C20H27FN4O3S2. The quantitative estimate of drug-likeness (QED) is 0.479. The summed E-state index contributed by atoms with van der Waals surface area (Å²) >= 11 is 1.10. The van der Waals surface area contributed by atoms with Crippen molar-refractivity contribution in [2.75, 3.05) is 17.8 Å². The topological polar surface area (TPSA) is 100 Å². The van der Waals surface area contributed by atoms with Gasteiger partial charge in [-0.2, -0.15) is 0 Å². The van der Waals surface area contributed by atoms with Crippen molar-refractivity contribution in [3.8, 4) is 0 Å². The molecule has 0 atom stereocenters. The molecule has 3 rings (SSSR count). The lowest BCUT2D eigenvalue weighted by atomic mass is 9.95. The van der Waals surface area contributed by atoms with Crippen LogP contribution in [0.5, 0.6) is 0 Å². The maximum absolute atomic E-state index is 13.0. The Balaban J connectivity index is 1.39. The number of thiazole rings is 1. The number of hydrogen-bond donors (Lipinski definition) is 3. The SMILES string of the molecule is O=C(Cc1csc(NS(=O)(=O)c2ccc(F)cc2)n1)NCCCNC1CCCCC1. The first-order chi connectivity index (χ1) is 14.4. The Kier molecular flexibility index (Phi) is 8.17. The number of nitrogens with one attached hydrogen (secondary N) is 3. The third-order valence-corrected chi connectivity index (χ3v) is 7.24. The van der Waals surface area contributed by atoms with Gasteiger partial charge in [0.15, 0.2) is 5.13 Å². The standard InChI is InChI=1S/C20H27FN4O3S2/c21-15-7-9-18(10-8-15)30(27,28)25-20-24-17(14-29-20)13-19(26)23-12-4-11-22-16-5-2-1-3-6-16/h7-10,14,16,22H,1-6,11-13H2,(H,23,26)(H,24,25). The van der Waals surface area contributed by atoms with Crippen LogP contribution in [0, 0.1) is 5.82 Å². The average Bonchev–Trinajstić information content (AvgIpc) is 3.14. The second-order valence-electron chi connectivity index (χ2n) is 7.37. The van der Waals surface area contributed by atoms with Crippen LogP contribution in [0.2, 0.25) is 0 Å². The molecule has 0 saturated heterocycles. The molecular weight excluding hydrogens is 427 g/mol. The highest BCUT2D eigenvalue weighted by molar-refractivity contribution is 7.93. The van der Waals surface area contributed by atoms with E-state index in [9.17, 15) is 17.6 Å². The monoisotopic (exact) mass is 454 g/mol. The molecule has 0 aliphatic heterocycles. The zero-order chi connectivity index (χ0) is 21.4. The van der Waals surface area contributed by atoms with Crippen LogP contribution in [0.1, 0.15) is 44.2 Å². The van der Waals surface area contributed by atoms with Crippen LogP contribution < -0.4 is 15.4 Å². The number of carbonyl (C=O) groups excluding carboxylic acids is 1. The summed E-state index contributed by atoms with van der Waals surface area (Å²) in [6.45, 7) is 1.48. The fourth-order valence-corrected chi connectivity index (χ4v) is 5.34. The summed E-state index contributed by atoms with van der Waals surface area (Å²) in [7, 11) is -3.85. The smallest absolute Gasteiger partial charge is 0.263 e. The lowest BCUT2D eigenvalue weighted by Crippen LogP contribution is -2.34. The molecule has 1 amide bonds. The summed E-state index contributed by atoms with van der Waals surface area (Å²) in [5, 5.41) is 8.22. The largest absolute Gasteiger partial charge is 0.356 e. The Bertz CT molecular complexity index is 926. The Labute approximate surface area is 180 Å². The molecule has 0 radical (unpaired) electrons. The number of benzene rings is 1. The number of halogens is 1. The third kappa shape index (κ3) is 7.03. The van der Waals surface area contributed by atoms with Crippen LogP contribution in [0.4, 0.5) is 9.52 Å². The predicted molar refractivity (Wildman–Crippen MR) is 116 cm³/mol. The van der Waals surface area contributed by atoms with E-state index in [-0.39, 0.29) is 22.4 Å². The van der Waals surface area contributed by atoms with E-state index in [1.807, 2.05) is 0 Å². The van der Waals surface area contributed by atoms with Gasteiger partial charge in [-0.1, -0.05) is 19.3 Å². The van der Waals surface area contributed by atoms with Gasteiger partial charge in [-0.25, -0.2) is 17.8 Å². The molecule has 1 saturated carbocycles. The van der Waals surface area contributed by atoms with Crippen molar-refractivity contribution in [1.29, 1.82) is 0 Å². The van der Waals surface area contributed by atoms with Crippen molar-refractivity contribution in [3.05, 3.63) is 41.2 Å². The maximum Gasteiger partial charge on any atom is 0.263 e. The van der Waals surface area contributed by atoms with Crippen LogP contribution in [-0.4, -0.2) is 38.4 Å². The molecule has 2 aromatic rings. The Morgan fingerprint density at radius 3 is 2.60 bits per heavy atom.